The molecule has 0 N–H and O–H groups in total. The molecular formula is C17H18N4O2. The van der Waals surface area contributed by atoms with Crippen LogP contribution in [0.3, 0.4) is 0 Å². The number of nitrogens with zero attached hydrogens (tertiary/aromatic N) is 4. The van der Waals surface area contributed by atoms with Crippen LogP contribution in [0.25, 0.3) is 0 Å². The fourth-order valence-electron chi connectivity index (χ4n) is 2.14. The highest BCUT2D eigenvalue weighted by Crippen LogP contribution is 2.19. The number of hydrogen-bond acceptors (Lipinski definition) is 5. The minimum absolute atomic E-state index is 0.372. The van der Waals surface area contributed by atoms with Gasteiger partial charge in [-0.1, -0.05) is 17.3 Å². The molecule has 0 unspecified atom stereocenters. The molecule has 3 rings (SSSR count). The van der Waals surface area contributed by atoms with Crippen LogP contribution in [0.1, 0.15) is 11.4 Å². The molecule has 3 aromatic rings. The lowest BCUT2D eigenvalue weighted by Crippen LogP contribution is -2.03. The van der Waals surface area contributed by atoms with E-state index in [0.717, 1.165) is 35.9 Å². The van der Waals surface area contributed by atoms with Crippen molar-refractivity contribution < 1.29 is 9.47 Å². The number of pyridine rings is 1. The van der Waals surface area contributed by atoms with Gasteiger partial charge in [0.15, 0.2) is 0 Å². The molecule has 0 amide bonds. The Morgan fingerprint density at radius 2 is 1.96 bits per heavy atom. The van der Waals surface area contributed by atoms with E-state index in [9.17, 15) is 0 Å². The van der Waals surface area contributed by atoms with E-state index >= 15 is 0 Å². The van der Waals surface area contributed by atoms with Crippen molar-refractivity contribution >= 4 is 0 Å². The molecule has 23 heavy (non-hydrogen) atoms. The van der Waals surface area contributed by atoms with Crippen LogP contribution in [0.4, 0.5) is 0 Å². The normalized spacial score (nSPS) is 10.5. The van der Waals surface area contributed by atoms with Gasteiger partial charge in [-0.2, -0.15) is 0 Å². The van der Waals surface area contributed by atoms with Crippen LogP contribution in [0.2, 0.25) is 0 Å². The summed E-state index contributed by atoms with van der Waals surface area (Å²) in [6.07, 6.45) is 4.51. The van der Waals surface area contributed by atoms with E-state index in [-0.39, 0.29) is 0 Å². The number of hydrogen-bond donors (Lipinski definition) is 0. The highest BCUT2D eigenvalue weighted by molar-refractivity contribution is 5.32. The summed E-state index contributed by atoms with van der Waals surface area (Å²) in [5.74, 6) is 1.51. The van der Waals surface area contributed by atoms with E-state index in [1.54, 1.807) is 18.0 Å². The molecule has 6 heteroatoms. The van der Waals surface area contributed by atoms with Crippen LogP contribution in [0.15, 0.2) is 54.9 Å². The molecule has 0 aliphatic rings. The number of methoxy groups -OCH3 is 1. The standard InChI is InChI=1S/C17H18N4O2/c1-22-16-6-4-7-17(11-16)23-13-15-12-21(20-19-15)10-8-14-5-2-3-9-18-14/h2-7,9,11-12H,8,10,13H2,1H3. The monoisotopic (exact) mass is 310 g/mol. The van der Waals surface area contributed by atoms with Crippen LogP contribution < -0.4 is 9.47 Å². The van der Waals surface area contributed by atoms with Gasteiger partial charge >= 0.3 is 0 Å². The van der Waals surface area contributed by atoms with Crippen molar-refractivity contribution in [3.8, 4) is 11.5 Å². The largest absolute Gasteiger partial charge is 0.497 e. The van der Waals surface area contributed by atoms with Gasteiger partial charge in [0.1, 0.15) is 23.8 Å². The Morgan fingerprint density at radius 3 is 2.78 bits per heavy atom. The first-order chi connectivity index (χ1) is 11.3. The molecule has 2 aromatic heterocycles. The van der Waals surface area contributed by atoms with Crippen molar-refractivity contribution in [1.82, 2.24) is 20.0 Å². The van der Waals surface area contributed by atoms with Gasteiger partial charge in [0.05, 0.1) is 13.3 Å². The number of ether oxygens (including phenoxy) is 2. The zero-order chi connectivity index (χ0) is 15.9. The van der Waals surface area contributed by atoms with Crippen LogP contribution in [-0.4, -0.2) is 27.1 Å². The van der Waals surface area contributed by atoms with Crippen molar-refractivity contribution in [3.63, 3.8) is 0 Å². The maximum absolute atomic E-state index is 5.70. The minimum atomic E-state index is 0.372. The van der Waals surface area contributed by atoms with Crippen molar-refractivity contribution in [3.05, 3.63) is 66.2 Å². The lowest BCUT2D eigenvalue weighted by atomic mass is 10.3. The molecule has 0 aliphatic heterocycles. The highest BCUT2D eigenvalue weighted by atomic mass is 16.5. The maximum Gasteiger partial charge on any atom is 0.134 e. The van der Waals surface area contributed by atoms with Gasteiger partial charge in [-0.15, -0.1) is 5.10 Å². The van der Waals surface area contributed by atoms with E-state index in [2.05, 4.69) is 15.3 Å². The molecule has 0 radical (unpaired) electrons. The van der Waals surface area contributed by atoms with Gasteiger partial charge in [-0.05, 0) is 24.3 Å². The van der Waals surface area contributed by atoms with Gasteiger partial charge in [0.25, 0.3) is 0 Å². The van der Waals surface area contributed by atoms with Gasteiger partial charge in [-0.25, -0.2) is 0 Å². The van der Waals surface area contributed by atoms with E-state index in [0.29, 0.717) is 6.61 Å². The van der Waals surface area contributed by atoms with E-state index in [1.807, 2.05) is 48.7 Å². The fraction of sp³-hybridized carbons (Fsp3) is 0.235. The Balaban J connectivity index is 1.52. The lowest BCUT2D eigenvalue weighted by molar-refractivity contribution is 0.298. The summed E-state index contributed by atoms with van der Waals surface area (Å²) in [6, 6.07) is 13.4. The molecule has 1 aromatic carbocycles. The Hall–Kier alpha value is -2.89. The molecule has 0 aliphatic carbocycles. The first-order valence-corrected chi connectivity index (χ1v) is 7.39. The number of rotatable bonds is 7. The maximum atomic E-state index is 5.70. The molecular weight excluding hydrogens is 292 g/mol. The summed E-state index contributed by atoms with van der Waals surface area (Å²) in [6.45, 7) is 1.11. The molecule has 0 atom stereocenters. The van der Waals surface area contributed by atoms with Gasteiger partial charge in [0.2, 0.25) is 0 Å². The van der Waals surface area contributed by atoms with Gasteiger partial charge < -0.3 is 9.47 Å². The van der Waals surface area contributed by atoms with Crippen LogP contribution in [0, 0.1) is 0 Å². The zero-order valence-electron chi connectivity index (χ0n) is 12.9. The Morgan fingerprint density at radius 1 is 1.04 bits per heavy atom. The van der Waals surface area contributed by atoms with Crippen molar-refractivity contribution in [1.29, 1.82) is 0 Å². The molecule has 0 bridgehead atoms. The predicted molar refractivity (Wildman–Crippen MR) is 85.3 cm³/mol. The first-order valence-electron chi connectivity index (χ1n) is 7.39. The smallest absolute Gasteiger partial charge is 0.134 e. The first kappa shape index (κ1) is 15.0. The molecule has 118 valence electrons. The van der Waals surface area contributed by atoms with Crippen molar-refractivity contribution in [2.45, 2.75) is 19.6 Å². The summed E-state index contributed by atoms with van der Waals surface area (Å²) < 4.78 is 12.7. The van der Waals surface area contributed by atoms with E-state index in [4.69, 9.17) is 9.47 Å². The Kier molecular flexibility index (Phi) is 4.83. The SMILES string of the molecule is COc1cccc(OCc2cn(CCc3ccccn3)nn2)c1. The number of benzene rings is 1. The fourth-order valence-corrected chi connectivity index (χ4v) is 2.14. The summed E-state index contributed by atoms with van der Waals surface area (Å²) in [5.41, 5.74) is 1.83. The van der Waals surface area contributed by atoms with Crippen LogP contribution >= 0.6 is 0 Å². The molecule has 2 heterocycles. The second-order valence-electron chi connectivity index (χ2n) is 5.01. The van der Waals surface area contributed by atoms with Gasteiger partial charge in [0, 0.05) is 30.9 Å². The summed E-state index contributed by atoms with van der Waals surface area (Å²) in [5, 5.41) is 8.23. The quantitative estimate of drug-likeness (QED) is 0.671. The summed E-state index contributed by atoms with van der Waals surface area (Å²) in [7, 11) is 1.63. The average Bonchev–Trinajstić information content (AvgIpc) is 3.07. The van der Waals surface area contributed by atoms with Crippen LogP contribution in [-0.2, 0) is 19.6 Å². The summed E-state index contributed by atoms with van der Waals surface area (Å²) >= 11 is 0. The topological polar surface area (TPSA) is 62.1 Å². The average molecular weight is 310 g/mol. The molecule has 0 saturated carbocycles. The molecule has 0 saturated heterocycles. The van der Waals surface area contributed by atoms with Crippen LogP contribution in [0.5, 0.6) is 11.5 Å². The number of aryl methyl sites for hydroxylation is 2. The van der Waals surface area contributed by atoms with Crippen molar-refractivity contribution in [2.75, 3.05) is 7.11 Å². The van der Waals surface area contributed by atoms with E-state index < -0.39 is 0 Å². The van der Waals surface area contributed by atoms with E-state index in [1.165, 1.54) is 0 Å². The highest BCUT2D eigenvalue weighted by Gasteiger charge is 2.03. The second kappa shape index (κ2) is 7.40. The third-order valence-electron chi connectivity index (χ3n) is 3.34. The summed E-state index contributed by atoms with van der Waals surface area (Å²) in [4.78, 5) is 4.29. The lowest BCUT2D eigenvalue weighted by Gasteiger charge is -2.05. The predicted octanol–water partition coefficient (Wildman–Crippen LogP) is 2.50. The van der Waals surface area contributed by atoms with Gasteiger partial charge in [-0.3, -0.25) is 9.67 Å². The molecule has 0 fully saturated rings. The minimum Gasteiger partial charge on any atom is -0.497 e. The second-order valence-corrected chi connectivity index (χ2v) is 5.01. The molecule has 0 spiro atoms. The Labute approximate surface area is 134 Å². The number of aromatic nitrogens is 4. The third-order valence-corrected chi connectivity index (χ3v) is 3.34. The molecule has 6 nitrogen and oxygen atoms in total. The Bertz CT molecular complexity index is 743. The zero-order valence-corrected chi connectivity index (χ0v) is 12.9. The third kappa shape index (κ3) is 4.29. The van der Waals surface area contributed by atoms with Crippen molar-refractivity contribution in [2.24, 2.45) is 0 Å².